The van der Waals surface area contributed by atoms with Gasteiger partial charge in [0.15, 0.2) is 0 Å². The van der Waals surface area contributed by atoms with E-state index in [1.165, 1.54) is 11.3 Å². The number of carbonyl (C=O) groups is 1. The molecule has 0 radical (unpaired) electrons. The standard InChI is InChI=1S/C17H17N3O3S3/c1-11(12-6-3-4-7-13(12)20-26(2,22)23)19-16(21)15-10-18-17(25-15)14-8-5-9-24-14/h3-11,20H,1-2H3,(H,19,21). The second-order valence-electron chi connectivity index (χ2n) is 5.66. The predicted octanol–water partition coefficient (Wildman–Crippen LogP) is 3.73. The molecule has 3 rings (SSSR count). The van der Waals surface area contributed by atoms with E-state index >= 15 is 0 Å². The molecule has 26 heavy (non-hydrogen) atoms. The molecule has 0 bridgehead atoms. The van der Waals surface area contributed by atoms with Crippen LogP contribution in [-0.4, -0.2) is 25.6 Å². The summed E-state index contributed by atoms with van der Waals surface area (Å²) in [6.07, 6.45) is 2.65. The molecule has 0 fully saturated rings. The number of benzene rings is 1. The second-order valence-corrected chi connectivity index (χ2v) is 9.39. The van der Waals surface area contributed by atoms with Gasteiger partial charge in [-0.3, -0.25) is 9.52 Å². The van der Waals surface area contributed by atoms with Gasteiger partial charge in [0.2, 0.25) is 10.0 Å². The van der Waals surface area contributed by atoms with Crippen LogP contribution in [0.2, 0.25) is 0 Å². The number of hydrogen-bond donors (Lipinski definition) is 2. The maximum atomic E-state index is 12.5. The van der Waals surface area contributed by atoms with Crippen LogP contribution in [0.15, 0.2) is 48.0 Å². The van der Waals surface area contributed by atoms with Crippen molar-refractivity contribution in [3.8, 4) is 9.88 Å². The van der Waals surface area contributed by atoms with Crippen LogP contribution in [0, 0.1) is 0 Å². The van der Waals surface area contributed by atoms with E-state index in [2.05, 4.69) is 15.0 Å². The lowest BCUT2D eigenvalue weighted by molar-refractivity contribution is 0.0944. The van der Waals surface area contributed by atoms with Crippen molar-refractivity contribution in [1.82, 2.24) is 10.3 Å². The third-order valence-electron chi connectivity index (χ3n) is 3.53. The highest BCUT2D eigenvalue weighted by atomic mass is 32.2. The summed E-state index contributed by atoms with van der Waals surface area (Å²) in [6, 6.07) is 10.5. The van der Waals surface area contributed by atoms with Gasteiger partial charge in [-0.1, -0.05) is 24.3 Å². The van der Waals surface area contributed by atoms with E-state index in [0.717, 1.165) is 16.1 Å². The molecule has 2 aromatic heterocycles. The fourth-order valence-electron chi connectivity index (χ4n) is 2.41. The summed E-state index contributed by atoms with van der Waals surface area (Å²) in [5, 5.41) is 5.66. The van der Waals surface area contributed by atoms with E-state index in [-0.39, 0.29) is 11.9 Å². The number of para-hydroxylation sites is 1. The Bertz CT molecular complexity index is 1010. The number of thiazole rings is 1. The zero-order valence-corrected chi connectivity index (χ0v) is 16.5. The number of rotatable bonds is 6. The van der Waals surface area contributed by atoms with E-state index in [9.17, 15) is 13.2 Å². The number of nitrogens with zero attached hydrogens (tertiary/aromatic N) is 1. The molecule has 1 atom stereocenters. The number of sulfonamides is 1. The molecule has 0 aliphatic heterocycles. The van der Waals surface area contributed by atoms with Gasteiger partial charge < -0.3 is 5.32 Å². The van der Waals surface area contributed by atoms with E-state index < -0.39 is 10.0 Å². The van der Waals surface area contributed by atoms with Crippen molar-refractivity contribution < 1.29 is 13.2 Å². The molecule has 0 saturated carbocycles. The average molecular weight is 408 g/mol. The Balaban J connectivity index is 1.76. The summed E-state index contributed by atoms with van der Waals surface area (Å²) >= 11 is 2.90. The van der Waals surface area contributed by atoms with E-state index in [4.69, 9.17) is 0 Å². The number of hydrogen-bond acceptors (Lipinski definition) is 6. The SMILES string of the molecule is CC(NC(=O)c1cnc(-c2cccs2)s1)c1ccccc1NS(C)(=O)=O. The molecule has 6 nitrogen and oxygen atoms in total. The lowest BCUT2D eigenvalue weighted by Crippen LogP contribution is -2.27. The molecular weight excluding hydrogens is 390 g/mol. The number of amides is 1. The highest BCUT2D eigenvalue weighted by Gasteiger charge is 2.18. The Morgan fingerprint density at radius 3 is 2.65 bits per heavy atom. The Labute approximate surface area is 160 Å². The van der Waals surface area contributed by atoms with Gasteiger partial charge >= 0.3 is 0 Å². The lowest BCUT2D eigenvalue weighted by atomic mass is 10.1. The van der Waals surface area contributed by atoms with E-state index in [1.807, 2.05) is 24.4 Å². The van der Waals surface area contributed by atoms with Crippen molar-refractivity contribution in [2.24, 2.45) is 0 Å². The van der Waals surface area contributed by atoms with Gasteiger partial charge in [-0.2, -0.15) is 0 Å². The minimum Gasteiger partial charge on any atom is -0.345 e. The predicted molar refractivity (Wildman–Crippen MR) is 106 cm³/mol. The average Bonchev–Trinajstić information content (AvgIpc) is 3.25. The number of nitrogens with one attached hydrogen (secondary N) is 2. The second kappa shape index (κ2) is 7.56. The number of anilines is 1. The van der Waals surface area contributed by atoms with Crippen LogP contribution >= 0.6 is 22.7 Å². The van der Waals surface area contributed by atoms with Crippen LogP contribution in [0.4, 0.5) is 5.69 Å². The fourth-order valence-corrected chi connectivity index (χ4v) is 4.61. The third kappa shape index (κ3) is 4.48. The van der Waals surface area contributed by atoms with Crippen molar-refractivity contribution in [2.75, 3.05) is 11.0 Å². The summed E-state index contributed by atoms with van der Waals surface area (Å²) in [7, 11) is -3.41. The van der Waals surface area contributed by atoms with Crippen molar-refractivity contribution in [3.05, 3.63) is 58.4 Å². The minimum atomic E-state index is -3.41. The highest BCUT2D eigenvalue weighted by Crippen LogP contribution is 2.29. The molecule has 1 aromatic carbocycles. The summed E-state index contributed by atoms with van der Waals surface area (Å²) in [6.45, 7) is 1.81. The molecule has 2 heterocycles. The monoisotopic (exact) mass is 407 g/mol. The highest BCUT2D eigenvalue weighted by molar-refractivity contribution is 7.92. The van der Waals surface area contributed by atoms with Gasteiger partial charge in [-0.15, -0.1) is 22.7 Å². The smallest absolute Gasteiger partial charge is 0.263 e. The van der Waals surface area contributed by atoms with Gasteiger partial charge in [0.1, 0.15) is 9.88 Å². The first-order valence-corrected chi connectivity index (χ1v) is 11.3. The molecule has 1 amide bonds. The van der Waals surface area contributed by atoms with E-state index in [1.54, 1.807) is 41.8 Å². The Morgan fingerprint density at radius 1 is 1.19 bits per heavy atom. The summed E-state index contributed by atoms with van der Waals surface area (Å²) in [5.41, 5.74) is 1.14. The topological polar surface area (TPSA) is 88.2 Å². The molecular formula is C17H17N3O3S3. The normalized spacial score (nSPS) is 12.5. The summed E-state index contributed by atoms with van der Waals surface area (Å²) in [4.78, 5) is 18.4. The quantitative estimate of drug-likeness (QED) is 0.652. The largest absolute Gasteiger partial charge is 0.345 e. The zero-order chi connectivity index (χ0) is 18.7. The molecule has 0 saturated heterocycles. The van der Waals surface area contributed by atoms with Crippen LogP contribution in [0.3, 0.4) is 0 Å². The van der Waals surface area contributed by atoms with Crippen LogP contribution in [0.5, 0.6) is 0 Å². The Hall–Kier alpha value is -2.23. The van der Waals surface area contributed by atoms with Gasteiger partial charge in [0.05, 0.1) is 29.1 Å². The van der Waals surface area contributed by atoms with Crippen molar-refractivity contribution in [3.63, 3.8) is 0 Å². The van der Waals surface area contributed by atoms with Crippen LogP contribution in [0.25, 0.3) is 9.88 Å². The Kier molecular flexibility index (Phi) is 5.40. The maximum Gasteiger partial charge on any atom is 0.263 e. The first-order chi connectivity index (χ1) is 12.3. The van der Waals surface area contributed by atoms with Crippen molar-refractivity contribution >= 4 is 44.3 Å². The minimum absolute atomic E-state index is 0.244. The molecule has 0 aliphatic carbocycles. The van der Waals surface area contributed by atoms with Gasteiger partial charge in [-0.05, 0) is 30.0 Å². The van der Waals surface area contributed by atoms with Crippen LogP contribution in [0.1, 0.15) is 28.2 Å². The number of carbonyl (C=O) groups excluding carboxylic acids is 1. The number of aromatic nitrogens is 1. The zero-order valence-electron chi connectivity index (χ0n) is 14.1. The molecule has 1 unspecified atom stereocenters. The summed E-state index contributed by atoms with van der Waals surface area (Å²) < 4.78 is 25.5. The third-order valence-corrected chi connectivity index (χ3v) is 6.16. The lowest BCUT2D eigenvalue weighted by Gasteiger charge is -2.18. The van der Waals surface area contributed by atoms with Crippen LogP contribution < -0.4 is 10.0 Å². The molecule has 9 heteroatoms. The number of thiophene rings is 1. The molecule has 3 aromatic rings. The fraction of sp³-hybridized carbons (Fsp3) is 0.176. The Morgan fingerprint density at radius 2 is 1.96 bits per heavy atom. The molecule has 0 aliphatic rings. The summed E-state index contributed by atoms with van der Waals surface area (Å²) in [5.74, 6) is -0.244. The maximum absolute atomic E-state index is 12.5. The molecule has 136 valence electrons. The molecule has 2 N–H and O–H groups in total. The van der Waals surface area contributed by atoms with Crippen molar-refractivity contribution in [2.45, 2.75) is 13.0 Å². The van der Waals surface area contributed by atoms with Gasteiger partial charge in [0.25, 0.3) is 5.91 Å². The molecule has 0 spiro atoms. The first kappa shape index (κ1) is 18.6. The van der Waals surface area contributed by atoms with Crippen molar-refractivity contribution in [1.29, 1.82) is 0 Å². The van der Waals surface area contributed by atoms with Gasteiger partial charge in [0, 0.05) is 0 Å². The van der Waals surface area contributed by atoms with Gasteiger partial charge in [-0.25, -0.2) is 13.4 Å². The van der Waals surface area contributed by atoms with E-state index in [0.29, 0.717) is 16.1 Å². The first-order valence-electron chi connectivity index (χ1n) is 7.71. The van der Waals surface area contributed by atoms with Crippen LogP contribution in [-0.2, 0) is 10.0 Å².